The molecule has 1 aromatic rings. The van der Waals surface area contributed by atoms with Crippen molar-refractivity contribution in [2.75, 3.05) is 0 Å². The summed E-state index contributed by atoms with van der Waals surface area (Å²) in [6.45, 7) is 2.11. The Morgan fingerprint density at radius 3 is 2.28 bits per heavy atom. The van der Waals surface area contributed by atoms with E-state index in [4.69, 9.17) is 5.73 Å². The number of benzene rings is 1. The van der Waals surface area contributed by atoms with Crippen LogP contribution in [-0.4, -0.2) is 6.36 Å². The molecule has 0 amide bonds. The van der Waals surface area contributed by atoms with Crippen LogP contribution in [0.2, 0.25) is 0 Å². The molecular formula is C13H18F3NO. The topological polar surface area (TPSA) is 35.2 Å². The van der Waals surface area contributed by atoms with Crippen molar-refractivity contribution in [1.29, 1.82) is 0 Å². The molecule has 0 radical (unpaired) electrons. The summed E-state index contributed by atoms with van der Waals surface area (Å²) in [5.74, 6) is -0.216. The molecule has 102 valence electrons. The first-order valence-electron chi connectivity index (χ1n) is 6.03. The Morgan fingerprint density at radius 1 is 1.17 bits per heavy atom. The molecule has 1 unspecified atom stereocenters. The number of unbranched alkanes of at least 4 members (excludes halogenated alkanes) is 2. The Kier molecular flexibility index (Phi) is 5.47. The first-order valence-corrected chi connectivity index (χ1v) is 6.03. The molecule has 2 nitrogen and oxygen atoms in total. The van der Waals surface area contributed by atoms with E-state index in [1.165, 1.54) is 12.1 Å². The van der Waals surface area contributed by atoms with E-state index in [1.54, 1.807) is 12.1 Å². The van der Waals surface area contributed by atoms with Gasteiger partial charge in [0.05, 0.1) is 0 Å². The zero-order valence-corrected chi connectivity index (χ0v) is 10.3. The number of nitrogens with two attached hydrogens (primary N) is 1. The second-order valence-corrected chi connectivity index (χ2v) is 4.22. The number of ether oxygens (including phenoxy) is 1. The number of halogens is 3. The standard InChI is InChI=1S/C13H18F3NO/c1-2-3-4-5-12(17)10-6-8-11(9-7-10)18-13(14,15)16/h6-9,12H,2-5,17H2,1H3. The monoisotopic (exact) mass is 261 g/mol. The summed E-state index contributed by atoms with van der Waals surface area (Å²) in [7, 11) is 0. The molecule has 0 aromatic heterocycles. The molecule has 5 heteroatoms. The molecule has 0 bridgehead atoms. The summed E-state index contributed by atoms with van der Waals surface area (Å²) in [6, 6.07) is 5.62. The van der Waals surface area contributed by atoms with E-state index in [9.17, 15) is 13.2 Å². The molecule has 0 saturated carbocycles. The van der Waals surface area contributed by atoms with Crippen LogP contribution in [0.1, 0.15) is 44.2 Å². The van der Waals surface area contributed by atoms with Crippen molar-refractivity contribution >= 4 is 0 Å². The van der Waals surface area contributed by atoms with Crippen molar-refractivity contribution in [2.24, 2.45) is 5.73 Å². The molecule has 0 aliphatic rings. The highest BCUT2D eigenvalue weighted by atomic mass is 19.4. The zero-order valence-electron chi connectivity index (χ0n) is 10.3. The summed E-state index contributed by atoms with van der Waals surface area (Å²) in [5.41, 5.74) is 6.78. The van der Waals surface area contributed by atoms with E-state index < -0.39 is 6.36 Å². The summed E-state index contributed by atoms with van der Waals surface area (Å²) < 4.78 is 39.7. The maximum atomic E-state index is 12.0. The van der Waals surface area contributed by atoms with Crippen LogP contribution in [0.3, 0.4) is 0 Å². The van der Waals surface area contributed by atoms with Crippen molar-refractivity contribution in [3.05, 3.63) is 29.8 Å². The summed E-state index contributed by atoms with van der Waals surface area (Å²) in [6.07, 6.45) is -0.551. The Morgan fingerprint density at radius 2 is 1.78 bits per heavy atom. The molecule has 0 saturated heterocycles. The van der Waals surface area contributed by atoms with Gasteiger partial charge in [-0.2, -0.15) is 0 Å². The van der Waals surface area contributed by atoms with Crippen LogP contribution in [0, 0.1) is 0 Å². The maximum absolute atomic E-state index is 12.0. The minimum atomic E-state index is -4.65. The highest BCUT2D eigenvalue weighted by Gasteiger charge is 2.30. The third-order valence-electron chi connectivity index (χ3n) is 2.66. The van der Waals surface area contributed by atoms with Crippen LogP contribution in [0.25, 0.3) is 0 Å². The second kappa shape index (κ2) is 6.64. The maximum Gasteiger partial charge on any atom is 0.573 e. The predicted molar refractivity (Wildman–Crippen MR) is 64.2 cm³/mol. The Bertz CT molecular complexity index is 348. The van der Waals surface area contributed by atoms with Gasteiger partial charge in [0.1, 0.15) is 5.75 Å². The summed E-state index contributed by atoms with van der Waals surface area (Å²) in [5, 5.41) is 0. The van der Waals surface area contributed by atoms with E-state index in [2.05, 4.69) is 11.7 Å². The SMILES string of the molecule is CCCCCC(N)c1ccc(OC(F)(F)F)cc1. The van der Waals surface area contributed by atoms with Gasteiger partial charge in [0, 0.05) is 6.04 Å². The lowest BCUT2D eigenvalue weighted by molar-refractivity contribution is -0.274. The average molecular weight is 261 g/mol. The quantitative estimate of drug-likeness (QED) is 0.780. The van der Waals surface area contributed by atoms with Gasteiger partial charge in [0.15, 0.2) is 0 Å². The van der Waals surface area contributed by atoms with Gasteiger partial charge >= 0.3 is 6.36 Å². The minimum Gasteiger partial charge on any atom is -0.406 e. The molecule has 0 heterocycles. The van der Waals surface area contributed by atoms with Gasteiger partial charge in [-0.05, 0) is 24.1 Å². The molecule has 0 spiro atoms. The van der Waals surface area contributed by atoms with Crippen molar-refractivity contribution in [3.63, 3.8) is 0 Å². The van der Waals surface area contributed by atoms with E-state index in [0.29, 0.717) is 0 Å². The van der Waals surface area contributed by atoms with Crippen molar-refractivity contribution in [2.45, 2.75) is 45.0 Å². The smallest absolute Gasteiger partial charge is 0.406 e. The Balaban J connectivity index is 2.54. The van der Waals surface area contributed by atoms with E-state index in [-0.39, 0.29) is 11.8 Å². The summed E-state index contributed by atoms with van der Waals surface area (Å²) >= 11 is 0. The molecule has 2 N–H and O–H groups in total. The normalized spacial score (nSPS) is 13.4. The predicted octanol–water partition coefficient (Wildman–Crippen LogP) is 4.17. The lowest BCUT2D eigenvalue weighted by atomic mass is 10.0. The Labute approximate surface area is 105 Å². The number of alkyl halides is 3. The van der Waals surface area contributed by atoms with Gasteiger partial charge in [-0.3, -0.25) is 0 Å². The van der Waals surface area contributed by atoms with Crippen LogP contribution in [0.4, 0.5) is 13.2 Å². The average Bonchev–Trinajstić information content (AvgIpc) is 2.28. The van der Waals surface area contributed by atoms with Gasteiger partial charge in [-0.25, -0.2) is 0 Å². The van der Waals surface area contributed by atoms with Crippen molar-refractivity contribution in [1.82, 2.24) is 0 Å². The highest BCUT2D eigenvalue weighted by Crippen LogP contribution is 2.25. The minimum absolute atomic E-state index is 0.128. The molecular weight excluding hydrogens is 243 g/mol. The lowest BCUT2D eigenvalue weighted by Crippen LogP contribution is -2.17. The highest BCUT2D eigenvalue weighted by molar-refractivity contribution is 5.29. The van der Waals surface area contributed by atoms with Gasteiger partial charge in [0.2, 0.25) is 0 Å². The molecule has 1 atom stereocenters. The van der Waals surface area contributed by atoms with Crippen LogP contribution in [-0.2, 0) is 0 Å². The summed E-state index contributed by atoms with van der Waals surface area (Å²) in [4.78, 5) is 0. The first kappa shape index (κ1) is 14.8. The van der Waals surface area contributed by atoms with Crippen LogP contribution < -0.4 is 10.5 Å². The van der Waals surface area contributed by atoms with Crippen LogP contribution in [0.15, 0.2) is 24.3 Å². The van der Waals surface area contributed by atoms with Gasteiger partial charge in [-0.15, -0.1) is 13.2 Å². The Hall–Kier alpha value is -1.23. The molecule has 0 aliphatic carbocycles. The fourth-order valence-corrected chi connectivity index (χ4v) is 1.70. The first-order chi connectivity index (χ1) is 8.42. The zero-order chi connectivity index (χ0) is 13.6. The van der Waals surface area contributed by atoms with Crippen LogP contribution in [0.5, 0.6) is 5.75 Å². The van der Waals surface area contributed by atoms with Gasteiger partial charge < -0.3 is 10.5 Å². The van der Waals surface area contributed by atoms with Crippen LogP contribution >= 0.6 is 0 Å². The molecule has 0 aliphatic heterocycles. The lowest BCUT2D eigenvalue weighted by Gasteiger charge is -2.13. The largest absolute Gasteiger partial charge is 0.573 e. The third-order valence-corrected chi connectivity index (χ3v) is 2.66. The number of hydrogen-bond donors (Lipinski definition) is 1. The van der Waals surface area contributed by atoms with E-state index in [0.717, 1.165) is 31.2 Å². The van der Waals surface area contributed by atoms with E-state index in [1.807, 2.05) is 0 Å². The van der Waals surface area contributed by atoms with Crippen molar-refractivity contribution < 1.29 is 17.9 Å². The number of rotatable bonds is 6. The molecule has 0 fully saturated rings. The fraction of sp³-hybridized carbons (Fsp3) is 0.538. The van der Waals surface area contributed by atoms with Gasteiger partial charge in [0.25, 0.3) is 0 Å². The van der Waals surface area contributed by atoms with Gasteiger partial charge in [-0.1, -0.05) is 38.3 Å². The van der Waals surface area contributed by atoms with Crippen molar-refractivity contribution in [3.8, 4) is 5.75 Å². The van der Waals surface area contributed by atoms with E-state index >= 15 is 0 Å². The third kappa shape index (κ3) is 5.40. The number of hydrogen-bond acceptors (Lipinski definition) is 2. The molecule has 1 rings (SSSR count). The molecule has 18 heavy (non-hydrogen) atoms. The molecule has 1 aromatic carbocycles. The second-order valence-electron chi connectivity index (χ2n) is 4.22. The fourth-order valence-electron chi connectivity index (χ4n) is 1.70.